The summed E-state index contributed by atoms with van der Waals surface area (Å²) in [6.45, 7) is 3.95. The molecule has 0 aliphatic carbocycles. The second-order valence-electron chi connectivity index (χ2n) is 3.89. The lowest BCUT2D eigenvalue weighted by Gasteiger charge is -2.18. The Kier molecular flexibility index (Phi) is 3.33. The summed E-state index contributed by atoms with van der Waals surface area (Å²) < 4.78 is 12.1. The van der Waals surface area contributed by atoms with Gasteiger partial charge in [-0.05, 0) is 38.0 Å². The van der Waals surface area contributed by atoms with Gasteiger partial charge in [-0.2, -0.15) is 3.89 Å². The summed E-state index contributed by atoms with van der Waals surface area (Å²) in [6.07, 6.45) is 0.810. The van der Waals surface area contributed by atoms with Crippen LogP contribution in [-0.4, -0.2) is 5.54 Å². The quantitative estimate of drug-likeness (QED) is 0.810. The van der Waals surface area contributed by atoms with E-state index in [1.54, 1.807) is 12.1 Å². The fourth-order valence-electron chi connectivity index (χ4n) is 1.18. The molecule has 2 N–H and O–H groups in total. The van der Waals surface area contributed by atoms with Crippen molar-refractivity contribution >= 4 is 12.1 Å². The first-order valence-corrected chi connectivity index (χ1v) is 4.89. The number of hydrogen-bond donors (Lipinski definition) is 1. The molecule has 0 amide bonds. The topological polar surface area (TPSA) is 26.0 Å². The Hall–Kier alpha value is -0.540. The molecule has 0 saturated carbocycles. The lowest BCUT2D eigenvalue weighted by Crippen LogP contribution is -2.34. The molecule has 0 radical (unpaired) electrons. The number of benzene rings is 1. The Morgan fingerprint density at radius 3 is 2.23 bits per heavy atom. The van der Waals surface area contributed by atoms with Crippen LogP contribution in [0.15, 0.2) is 29.2 Å². The van der Waals surface area contributed by atoms with Crippen molar-refractivity contribution in [2.24, 2.45) is 5.73 Å². The summed E-state index contributed by atoms with van der Waals surface area (Å²) in [7, 11) is 0. The van der Waals surface area contributed by atoms with Gasteiger partial charge >= 0.3 is 0 Å². The van der Waals surface area contributed by atoms with Crippen molar-refractivity contribution in [1.82, 2.24) is 0 Å². The molecule has 3 heteroatoms. The maximum Gasteiger partial charge on any atom is 0.0812 e. The number of nitrogens with two attached hydrogens (primary N) is 1. The van der Waals surface area contributed by atoms with Crippen LogP contribution in [0.3, 0.4) is 0 Å². The zero-order chi connectivity index (χ0) is 9.90. The third kappa shape index (κ3) is 3.79. The molecule has 0 saturated heterocycles. The van der Waals surface area contributed by atoms with Gasteiger partial charge in [0, 0.05) is 10.4 Å². The highest BCUT2D eigenvalue weighted by molar-refractivity contribution is 7.94. The monoisotopic (exact) mass is 199 g/mol. The molecule has 0 aliphatic rings. The molecule has 0 fully saturated rings. The van der Waals surface area contributed by atoms with Crippen molar-refractivity contribution in [3.8, 4) is 0 Å². The summed E-state index contributed by atoms with van der Waals surface area (Å²) in [5, 5.41) is 0. The summed E-state index contributed by atoms with van der Waals surface area (Å²) >= 11 is 0.264. The van der Waals surface area contributed by atoms with Crippen LogP contribution in [0.1, 0.15) is 19.4 Å². The Labute approximate surface area is 82.8 Å². The molecule has 0 heterocycles. The van der Waals surface area contributed by atoms with Crippen LogP contribution in [0.25, 0.3) is 0 Å². The molecule has 0 unspecified atom stereocenters. The molecule has 0 bridgehead atoms. The van der Waals surface area contributed by atoms with Gasteiger partial charge in [-0.25, -0.2) is 0 Å². The van der Waals surface area contributed by atoms with E-state index in [4.69, 9.17) is 5.73 Å². The van der Waals surface area contributed by atoms with Crippen molar-refractivity contribution in [1.29, 1.82) is 0 Å². The highest BCUT2D eigenvalue weighted by Crippen LogP contribution is 2.20. The van der Waals surface area contributed by atoms with Crippen molar-refractivity contribution in [2.45, 2.75) is 30.7 Å². The van der Waals surface area contributed by atoms with Crippen LogP contribution in [0, 0.1) is 0 Å². The first kappa shape index (κ1) is 10.5. The fraction of sp³-hybridized carbons (Fsp3) is 0.400. The summed E-state index contributed by atoms with van der Waals surface area (Å²) in [6, 6.07) is 7.37. The molecule has 0 atom stereocenters. The molecule has 1 aromatic carbocycles. The van der Waals surface area contributed by atoms with E-state index in [0.29, 0.717) is 4.90 Å². The smallest absolute Gasteiger partial charge is 0.0812 e. The standard InChI is InChI=1S/C10H14FNS/c1-10(2,12)7-8-3-5-9(13-11)6-4-8/h3-6H,7,12H2,1-2H3. The zero-order valence-electron chi connectivity index (χ0n) is 7.88. The number of hydrogen-bond acceptors (Lipinski definition) is 2. The molecule has 13 heavy (non-hydrogen) atoms. The molecular weight excluding hydrogens is 185 g/mol. The summed E-state index contributed by atoms with van der Waals surface area (Å²) in [4.78, 5) is 0.638. The fourth-order valence-corrected chi connectivity index (χ4v) is 1.42. The Morgan fingerprint density at radius 2 is 1.85 bits per heavy atom. The number of rotatable bonds is 3. The predicted molar refractivity (Wildman–Crippen MR) is 55.4 cm³/mol. The van der Waals surface area contributed by atoms with E-state index in [0.717, 1.165) is 12.0 Å². The van der Waals surface area contributed by atoms with E-state index in [9.17, 15) is 3.89 Å². The number of halogens is 1. The lowest BCUT2D eigenvalue weighted by atomic mass is 9.96. The largest absolute Gasteiger partial charge is 0.325 e. The molecule has 1 nitrogen and oxygen atoms in total. The van der Waals surface area contributed by atoms with E-state index in [2.05, 4.69) is 0 Å². The minimum Gasteiger partial charge on any atom is -0.325 e. The van der Waals surface area contributed by atoms with E-state index in [1.807, 2.05) is 26.0 Å². The maximum atomic E-state index is 12.1. The molecule has 1 rings (SSSR count). The van der Waals surface area contributed by atoms with Crippen molar-refractivity contribution < 1.29 is 3.89 Å². The molecule has 0 spiro atoms. The van der Waals surface area contributed by atoms with Crippen LogP contribution in [0.5, 0.6) is 0 Å². The maximum absolute atomic E-state index is 12.1. The van der Waals surface area contributed by atoms with Crippen molar-refractivity contribution in [3.05, 3.63) is 29.8 Å². The Balaban J connectivity index is 2.70. The summed E-state index contributed by atoms with van der Waals surface area (Å²) in [5.41, 5.74) is 6.80. The van der Waals surface area contributed by atoms with Gasteiger partial charge in [0.1, 0.15) is 0 Å². The van der Waals surface area contributed by atoms with Gasteiger partial charge in [-0.3, -0.25) is 0 Å². The normalized spacial score (nSPS) is 11.7. The molecule has 0 aromatic heterocycles. The summed E-state index contributed by atoms with van der Waals surface area (Å²) in [5.74, 6) is 0. The molecular formula is C10H14FNS. The van der Waals surface area contributed by atoms with E-state index in [1.165, 1.54) is 0 Å². The highest BCUT2D eigenvalue weighted by atomic mass is 32.2. The van der Waals surface area contributed by atoms with Crippen molar-refractivity contribution in [2.75, 3.05) is 0 Å². The van der Waals surface area contributed by atoms with Gasteiger partial charge < -0.3 is 5.73 Å². The van der Waals surface area contributed by atoms with Crippen LogP contribution >= 0.6 is 12.1 Å². The van der Waals surface area contributed by atoms with E-state index < -0.39 is 0 Å². The van der Waals surface area contributed by atoms with Crippen molar-refractivity contribution in [3.63, 3.8) is 0 Å². The Morgan fingerprint density at radius 1 is 1.31 bits per heavy atom. The van der Waals surface area contributed by atoms with Gasteiger partial charge in [0.25, 0.3) is 0 Å². The molecule has 0 aliphatic heterocycles. The average Bonchev–Trinajstić information content (AvgIpc) is 2.03. The second kappa shape index (κ2) is 4.11. The van der Waals surface area contributed by atoms with Gasteiger partial charge in [-0.15, -0.1) is 0 Å². The molecule has 72 valence electrons. The third-order valence-corrected chi connectivity index (χ3v) is 2.12. The van der Waals surface area contributed by atoms with Crippen LogP contribution < -0.4 is 5.73 Å². The van der Waals surface area contributed by atoms with Gasteiger partial charge in [0.15, 0.2) is 0 Å². The first-order chi connectivity index (χ1) is 6.01. The van der Waals surface area contributed by atoms with Crippen LogP contribution in [-0.2, 0) is 6.42 Å². The third-order valence-electron chi connectivity index (χ3n) is 1.67. The van der Waals surface area contributed by atoms with Crippen LogP contribution in [0.4, 0.5) is 3.89 Å². The van der Waals surface area contributed by atoms with Gasteiger partial charge in [0.05, 0.1) is 12.1 Å². The minimum atomic E-state index is -0.204. The highest BCUT2D eigenvalue weighted by Gasteiger charge is 2.11. The molecule has 1 aromatic rings. The van der Waals surface area contributed by atoms with Crippen LogP contribution in [0.2, 0.25) is 0 Å². The predicted octanol–water partition coefficient (Wildman–Crippen LogP) is 2.94. The van der Waals surface area contributed by atoms with Gasteiger partial charge in [-0.1, -0.05) is 12.1 Å². The first-order valence-electron chi connectivity index (χ1n) is 4.18. The minimum absolute atomic E-state index is 0.204. The second-order valence-corrected chi connectivity index (χ2v) is 4.51. The average molecular weight is 199 g/mol. The zero-order valence-corrected chi connectivity index (χ0v) is 8.70. The lowest BCUT2D eigenvalue weighted by molar-refractivity contribution is 0.516. The van der Waals surface area contributed by atoms with E-state index in [-0.39, 0.29) is 17.7 Å². The Bertz CT molecular complexity index is 263. The van der Waals surface area contributed by atoms with E-state index >= 15 is 0 Å². The van der Waals surface area contributed by atoms with Gasteiger partial charge in [0.2, 0.25) is 0 Å². The SMILES string of the molecule is CC(C)(N)Cc1ccc(SF)cc1.